The molecule has 1 amide bonds. The van der Waals surface area contributed by atoms with Gasteiger partial charge in [0.05, 0.1) is 30.7 Å². The van der Waals surface area contributed by atoms with Crippen LogP contribution in [0.1, 0.15) is 12.8 Å². The topological polar surface area (TPSA) is 138 Å². The quantitative estimate of drug-likeness (QED) is 0.152. The van der Waals surface area contributed by atoms with E-state index >= 15 is 0 Å². The summed E-state index contributed by atoms with van der Waals surface area (Å²) in [6.07, 6.45) is 6.46. The number of benzene rings is 3. The summed E-state index contributed by atoms with van der Waals surface area (Å²) in [5.74, 6) is 1.72. The van der Waals surface area contributed by atoms with E-state index in [0.717, 1.165) is 12.8 Å². The van der Waals surface area contributed by atoms with Crippen LogP contribution in [0, 0.1) is 0 Å². The lowest BCUT2D eigenvalue weighted by molar-refractivity contribution is -1.09. The van der Waals surface area contributed by atoms with Gasteiger partial charge in [-0.2, -0.15) is 4.65 Å². The van der Waals surface area contributed by atoms with Crippen LogP contribution in [0.2, 0.25) is 0 Å². The summed E-state index contributed by atoms with van der Waals surface area (Å²) in [6, 6.07) is 21.9. The van der Waals surface area contributed by atoms with E-state index in [4.69, 9.17) is 15.2 Å². The first kappa shape index (κ1) is 28.3. The second-order valence-electron chi connectivity index (χ2n) is 11.3. The van der Waals surface area contributed by atoms with Gasteiger partial charge in [0.25, 0.3) is 5.91 Å². The highest BCUT2D eigenvalue weighted by Gasteiger charge is 2.40. The molecule has 12 nitrogen and oxygen atoms in total. The highest BCUT2D eigenvalue weighted by atomic mass is 16.5. The number of imidazole rings is 1. The Morgan fingerprint density at radius 1 is 1.04 bits per heavy atom. The van der Waals surface area contributed by atoms with Gasteiger partial charge in [0.15, 0.2) is 11.5 Å². The summed E-state index contributed by atoms with van der Waals surface area (Å²) < 4.78 is 14.5. The maximum Gasteiger partial charge on any atom is 0.339 e. The Hall–Kier alpha value is -5.46. The van der Waals surface area contributed by atoms with Gasteiger partial charge in [-0.3, -0.25) is 9.36 Å². The normalized spacial score (nSPS) is 15.9. The lowest BCUT2D eigenvalue weighted by atomic mass is 10.2. The maximum atomic E-state index is 14.1. The minimum Gasteiger partial charge on any atom is -0.490 e. The molecule has 1 aliphatic heterocycles. The predicted molar refractivity (Wildman–Crippen MR) is 168 cm³/mol. The molecule has 1 aliphatic carbocycles. The molecule has 228 valence electrons. The number of aromatic nitrogens is 4. The zero-order valence-corrected chi connectivity index (χ0v) is 24.6. The van der Waals surface area contributed by atoms with Crippen molar-refractivity contribution in [2.24, 2.45) is 0 Å². The standard InChI is InChI=1S/C33H32N7O5/c1-40(43,24-12-13-24)18-5-8-29(41)37-17-19-44-28-16-11-23(20-27(28)37)39-32-30(31(34)35-21-36-32)38(33(39)42)22-9-14-26(15-10-22)45-25-6-3-2-4-7-25/h2-11,14-16,20-21,24,43H,12-13,17-19H2,1H3,(H2,34,35,36)/q+1/b8-5+. The van der Waals surface area contributed by atoms with Gasteiger partial charge in [-0.15, -0.1) is 0 Å². The minimum atomic E-state index is -0.413. The Kier molecular flexibility index (Phi) is 7.07. The first-order chi connectivity index (χ1) is 21.8. The van der Waals surface area contributed by atoms with E-state index in [1.807, 2.05) is 30.3 Å². The average molecular weight is 607 g/mol. The molecule has 0 spiro atoms. The summed E-state index contributed by atoms with van der Waals surface area (Å²) in [5, 5.41) is 10.6. The fourth-order valence-electron chi connectivity index (χ4n) is 5.62. The van der Waals surface area contributed by atoms with Gasteiger partial charge in [0, 0.05) is 18.9 Å². The Balaban J connectivity index is 1.24. The van der Waals surface area contributed by atoms with Gasteiger partial charge in [-0.05, 0) is 60.7 Å². The molecule has 1 saturated carbocycles. The molecule has 5 aromatic rings. The largest absolute Gasteiger partial charge is 0.490 e. The van der Waals surface area contributed by atoms with E-state index in [1.54, 1.807) is 60.5 Å². The first-order valence-electron chi connectivity index (χ1n) is 14.7. The molecular formula is C33H32N7O5+. The summed E-state index contributed by atoms with van der Waals surface area (Å²) in [7, 11) is 1.75. The third-order valence-electron chi connectivity index (χ3n) is 8.12. The zero-order chi connectivity index (χ0) is 31.1. The fraction of sp³-hybridized carbons (Fsp3) is 0.212. The van der Waals surface area contributed by atoms with Gasteiger partial charge in [0.2, 0.25) is 0 Å². The number of carbonyl (C=O) groups is 1. The van der Waals surface area contributed by atoms with E-state index in [2.05, 4.69) is 9.97 Å². The molecule has 45 heavy (non-hydrogen) atoms. The first-order valence-corrected chi connectivity index (χ1v) is 14.7. The van der Waals surface area contributed by atoms with E-state index in [0.29, 0.717) is 65.2 Å². The van der Waals surface area contributed by atoms with Gasteiger partial charge in [-0.25, -0.2) is 24.5 Å². The Morgan fingerprint density at radius 3 is 2.53 bits per heavy atom. The highest BCUT2D eigenvalue weighted by Crippen LogP contribution is 2.35. The number of anilines is 2. The van der Waals surface area contributed by atoms with Gasteiger partial charge in [0.1, 0.15) is 48.3 Å². The third-order valence-corrected chi connectivity index (χ3v) is 8.12. The number of fused-ring (bicyclic) bond motifs is 2. The van der Waals surface area contributed by atoms with Crippen LogP contribution in [-0.4, -0.2) is 67.6 Å². The fourth-order valence-corrected chi connectivity index (χ4v) is 5.62. The average Bonchev–Trinajstić information content (AvgIpc) is 3.86. The number of nitrogens with two attached hydrogens (primary N) is 1. The van der Waals surface area contributed by atoms with Gasteiger partial charge < -0.3 is 20.1 Å². The number of amides is 1. The third kappa shape index (κ3) is 5.41. The van der Waals surface area contributed by atoms with Crippen molar-refractivity contribution >= 4 is 28.6 Å². The number of ether oxygens (including phenoxy) is 2. The highest BCUT2D eigenvalue weighted by molar-refractivity contribution is 6.03. The molecule has 1 fully saturated rings. The number of hydrogen-bond donors (Lipinski definition) is 2. The molecule has 3 N–H and O–H groups in total. The number of nitrogens with zero attached hydrogens (tertiary/aromatic N) is 6. The van der Waals surface area contributed by atoms with E-state index in [1.165, 1.54) is 21.5 Å². The van der Waals surface area contributed by atoms with Crippen LogP contribution < -0.4 is 25.8 Å². The molecule has 3 aromatic carbocycles. The van der Waals surface area contributed by atoms with Crippen LogP contribution in [0.5, 0.6) is 17.2 Å². The van der Waals surface area contributed by atoms with Crippen molar-refractivity contribution in [3.05, 3.63) is 102 Å². The molecule has 3 heterocycles. The number of rotatable bonds is 8. The zero-order valence-electron chi connectivity index (χ0n) is 24.6. The molecule has 0 saturated heterocycles. The van der Waals surface area contributed by atoms with E-state index in [-0.39, 0.29) is 22.4 Å². The summed E-state index contributed by atoms with van der Waals surface area (Å²) in [4.78, 5) is 37.6. The molecule has 7 rings (SSSR count). The van der Waals surface area contributed by atoms with E-state index in [9.17, 15) is 14.8 Å². The number of hydrogen-bond acceptors (Lipinski definition) is 8. The second kappa shape index (κ2) is 11.2. The van der Waals surface area contributed by atoms with Crippen molar-refractivity contribution in [1.82, 2.24) is 19.1 Å². The number of carbonyl (C=O) groups excluding carboxylic acids is 1. The number of likely N-dealkylation sites (N-methyl/N-ethyl adjacent to an activating group) is 1. The molecule has 0 radical (unpaired) electrons. The van der Waals surface area contributed by atoms with Crippen LogP contribution in [0.15, 0.2) is 96.1 Å². The number of quaternary nitrogens is 1. The Labute approximate surface area is 258 Å². The number of nitrogen functional groups attached to an aromatic ring is 1. The van der Waals surface area contributed by atoms with Crippen molar-refractivity contribution in [2.45, 2.75) is 18.9 Å². The Morgan fingerprint density at radius 2 is 1.78 bits per heavy atom. The molecule has 1 atom stereocenters. The van der Waals surface area contributed by atoms with Crippen LogP contribution in [0.4, 0.5) is 11.5 Å². The number of para-hydroxylation sites is 1. The van der Waals surface area contributed by atoms with Crippen LogP contribution in [0.25, 0.3) is 22.5 Å². The van der Waals surface area contributed by atoms with Crippen LogP contribution >= 0.6 is 0 Å². The lowest BCUT2D eigenvalue weighted by Gasteiger charge is -2.29. The summed E-state index contributed by atoms with van der Waals surface area (Å²) >= 11 is 0. The van der Waals surface area contributed by atoms with Gasteiger partial charge >= 0.3 is 5.69 Å². The molecule has 2 aromatic heterocycles. The summed E-state index contributed by atoms with van der Waals surface area (Å²) in [5.41, 5.74) is 8.11. The minimum absolute atomic E-state index is 0.131. The molecule has 2 aliphatic rings. The Bertz CT molecular complexity index is 1980. The molecular weight excluding hydrogens is 574 g/mol. The van der Waals surface area contributed by atoms with Crippen molar-refractivity contribution in [3.8, 4) is 28.6 Å². The predicted octanol–water partition coefficient (Wildman–Crippen LogP) is 4.23. The van der Waals surface area contributed by atoms with Crippen molar-refractivity contribution in [3.63, 3.8) is 0 Å². The second-order valence-corrected chi connectivity index (χ2v) is 11.3. The van der Waals surface area contributed by atoms with Crippen molar-refractivity contribution in [1.29, 1.82) is 0 Å². The lowest BCUT2D eigenvalue weighted by Crippen LogP contribution is -2.43. The maximum absolute atomic E-state index is 14.1. The van der Waals surface area contributed by atoms with Crippen LogP contribution in [-0.2, 0) is 4.79 Å². The van der Waals surface area contributed by atoms with E-state index < -0.39 is 5.69 Å². The van der Waals surface area contributed by atoms with Gasteiger partial charge in [-0.1, -0.05) is 18.2 Å². The summed E-state index contributed by atoms with van der Waals surface area (Å²) in [6.45, 7) is 0.995. The monoisotopic (exact) mass is 606 g/mol. The SMILES string of the molecule is C[N+](O)(C/C=C/C(=O)N1CCOc2ccc(-n3c(=O)n(-c4ccc(Oc5ccccc5)cc4)c4c(N)ncnc43)cc21)C1CC1. The number of hydroxylamine groups is 3. The molecule has 1 unspecified atom stereocenters. The van der Waals surface area contributed by atoms with Crippen molar-refractivity contribution in [2.75, 3.05) is 37.4 Å². The van der Waals surface area contributed by atoms with Crippen LogP contribution in [0.3, 0.4) is 0 Å². The molecule has 12 heteroatoms. The smallest absolute Gasteiger partial charge is 0.339 e. The molecule has 0 bridgehead atoms. The van der Waals surface area contributed by atoms with Crippen molar-refractivity contribution < 1.29 is 24.1 Å².